The topological polar surface area (TPSA) is 93.5 Å². The fourth-order valence-corrected chi connectivity index (χ4v) is 2.50. The van der Waals surface area contributed by atoms with Crippen LogP contribution in [0.2, 0.25) is 5.02 Å². The Labute approximate surface area is 131 Å². The molecular weight excluding hydrogens is 314 g/mol. The van der Waals surface area contributed by atoms with Gasteiger partial charge in [-0.15, -0.1) is 0 Å². The van der Waals surface area contributed by atoms with E-state index in [9.17, 15) is 9.59 Å². The highest BCUT2D eigenvalue weighted by molar-refractivity contribution is 7.98. The van der Waals surface area contributed by atoms with Crippen LogP contribution in [0.3, 0.4) is 0 Å². The van der Waals surface area contributed by atoms with Crippen molar-refractivity contribution >= 4 is 46.6 Å². The molecule has 4 N–H and O–H groups in total. The van der Waals surface area contributed by atoms with E-state index in [0.29, 0.717) is 28.6 Å². The van der Waals surface area contributed by atoms with Crippen molar-refractivity contribution in [3.05, 3.63) is 17.2 Å². The first-order valence-electron chi connectivity index (χ1n) is 6.33. The first-order chi connectivity index (χ1) is 10.0. The summed E-state index contributed by atoms with van der Waals surface area (Å²) in [7, 11) is 0. The zero-order chi connectivity index (χ0) is 15.4. The van der Waals surface area contributed by atoms with Gasteiger partial charge in [0.25, 0.3) is 5.91 Å². The average Bonchev–Trinajstić information content (AvgIpc) is 2.45. The zero-order valence-corrected chi connectivity index (χ0v) is 13.0. The molecule has 0 aromatic heterocycles. The molecule has 1 aromatic rings. The molecule has 1 aliphatic heterocycles. The number of benzene rings is 1. The Bertz CT molecular complexity index is 568. The number of carbonyl (C=O) groups excluding carboxylic acids is 2. The first-order valence-corrected chi connectivity index (χ1v) is 8.10. The number of carbonyl (C=O) groups is 2. The summed E-state index contributed by atoms with van der Waals surface area (Å²) in [5.74, 6) is 0.730. The van der Waals surface area contributed by atoms with Gasteiger partial charge < -0.3 is 21.1 Å². The highest BCUT2D eigenvalue weighted by atomic mass is 35.5. The van der Waals surface area contributed by atoms with Crippen LogP contribution in [0, 0.1) is 0 Å². The number of thioether (sulfide) groups is 1. The lowest BCUT2D eigenvalue weighted by molar-refractivity contribution is -0.119. The van der Waals surface area contributed by atoms with Crippen LogP contribution in [-0.2, 0) is 9.59 Å². The average molecular weight is 330 g/mol. The van der Waals surface area contributed by atoms with Gasteiger partial charge >= 0.3 is 0 Å². The molecule has 8 heteroatoms. The number of nitrogens with two attached hydrogens (primary N) is 1. The summed E-state index contributed by atoms with van der Waals surface area (Å²) in [6, 6.07) is 2.53. The van der Waals surface area contributed by atoms with Crippen LogP contribution in [0.25, 0.3) is 0 Å². The number of anilines is 2. The van der Waals surface area contributed by atoms with Crippen LogP contribution in [0.5, 0.6) is 5.75 Å². The van der Waals surface area contributed by atoms with Crippen molar-refractivity contribution in [2.45, 2.75) is 12.5 Å². The summed E-state index contributed by atoms with van der Waals surface area (Å²) >= 11 is 7.72. The quantitative estimate of drug-likeness (QED) is 0.764. The summed E-state index contributed by atoms with van der Waals surface area (Å²) in [6.45, 7) is -0.0603. The second-order valence-corrected chi connectivity index (χ2v) is 5.94. The number of halogens is 1. The van der Waals surface area contributed by atoms with E-state index in [0.717, 1.165) is 5.75 Å². The lowest BCUT2D eigenvalue weighted by atomic mass is 10.2. The lowest BCUT2D eigenvalue weighted by Crippen LogP contribution is -2.36. The molecule has 2 amide bonds. The SMILES string of the molecule is CSCC[C@@H](N)C(=O)Nc1cc2c(cc1Cl)NC(=O)CO2. The monoisotopic (exact) mass is 329 g/mol. The van der Waals surface area contributed by atoms with Gasteiger partial charge in [0.2, 0.25) is 5.91 Å². The molecule has 0 radical (unpaired) electrons. The van der Waals surface area contributed by atoms with Gasteiger partial charge in [-0.3, -0.25) is 9.59 Å². The fourth-order valence-electron chi connectivity index (χ4n) is 1.80. The van der Waals surface area contributed by atoms with Crippen molar-refractivity contribution in [3.8, 4) is 5.75 Å². The van der Waals surface area contributed by atoms with Gasteiger partial charge in [-0.25, -0.2) is 0 Å². The van der Waals surface area contributed by atoms with Crippen LogP contribution in [0.4, 0.5) is 11.4 Å². The molecule has 2 rings (SSSR count). The highest BCUT2D eigenvalue weighted by Crippen LogP contribution is 2.36. The second-order valence-electron chi connectivity index (χ2n) is 4.54. The summed E-state index contributed by atoms with van der Waals surface area (Å²) in [4.78, 5) is 23.2. The Morgan fingerprint density at radius 1 is 1.62 bits per heavy atom. The van der Waals surface area contributed by atoms with Crippen molar-refractivity contribution in [3.63, 3.8) is 0 Å². The second kappa shape index (κ2) is 7.02. The molecule has 0 unspecified atom stereocenters. The summed E-state index contributed by atoms with van der Waals surface area (Å²) in [5, 5.41) is 5.64. The van der Waals surface area contributed by atoms with E-state index < -0.39 is 6.04 Å². The molecule has 114 valence electrons. The first kappa shape index (κ1) is 15.9. The Kier molecular flexibility index (Phi) is 5.33. The molecule has 1 aromatic carbocycles. The van der Waals surface area contributed by atoms with E-state index in [4.69, 9.17) is 22.1 Å². The number of fused-ring (bicyclic) bond motifs is 1. The minimum absolute atomic E-state index is 0.0603. The Hall–Kier alpha value is -1.44. The van der Waals surface area contributed by atoms with Crippen LogP contribution in [0.1, 0.15) is 6.42 Å². The minimum Gasteiger partial charge on any atom is -0.482 e. The van der Waals surface area contributed by atoms with Gasteiger partial charge in [0.15, 0.2) is 6.61 Å². The highest BCUT2D eigenvalue weighted by Gasteiger charge is 2.20. The number of hydrogen-bond donors (Lipinski definition) is 3. The number of ether oxygens (including phenoxy) is 1. The maximum absolute atomic E-state index is 12.0. The maximum atomic E-state index is 12.0. The number of rotatable bonds is 5. The summed E-state index contributed by atoms with van der Waals surface area (Å²) < 4.78 is 5.28. The van der Waals surface area contributed by atoms with Crippen molar-refractivity contribution in [2.24, 2.45) is 5.73 Å². The minimum atomic E-state index is -0.592. The molecule has 0 saturated heterocycles. The maximum Gasteiger partial charge on any atom is 0.262 e. The summed E-state index contributed by atoms with van der Waals surface area (Å²) in [6.07, 6.45) is 2.54. The van der Waals surface area contributed by atoms with Crippen LogP contribution >= 0.6 is 23.4 Å². The smallest absolute Gasteiger partial charge is 0.262 e. The molecule has 21 heavy (non-hydrogen) atoms. The normalized spacial score (nSPS) is 14.7. The predicted octanol–water partition coefficient (Wildman–Crippen LogP) is 1.69. The zero-order valence-electron chi connectivity index (χ0n) is 11.4. The number of nitrogens with one attached hydrogen (secondary N) is 2. The molecule has 0 spiro atoms. The van der Waals surface area contributed by atoms with E-state index in [1.807, 2.05) is 6.26 Å². The van der Waals surface area contributed by atoms with Crippen LogP contribution < -0.4 is 21.1 Å². The molecule has 1 atom stereocenters. The predicted molar refractivity (Wildman–Crippen MR) is 85.2 cm³/mol. The van der Waals surface area contributed by atoms with Gasteiger partial charge in [-0.1, -0.05) is 11.6 Å². The van der Waals surface area contributed by atoms with Gasteiger partial charge in [0.05, 0.1) is 22.4 Å². The van der Waals surface area contributed by atoms with E-state index in [2.05, 4.69) is 10.6 Å². The Balaban J connectivity index is 2.10. The van der Waals surface area contributed by atoms with Crippen molar-refractivity contribution in [1.82, 2.24) is 0 Å². The van der Waals surface area contributed by atoms with Crippen molar-refractivity contribution < 1.29 is 14.3 Å². The molecule has 0 bridgehead atoms. The van der Waals surface area contributed by atoms with Gasteiger partial charge in [0, 0.05) is 6.07 Å². The molecule has 6 nitrogen and oxygen atoms in total. The fraction of sp³-hybridized carbons (Fsp3) is 0.385. The third-order valence-electron chi connectivity index (χ3n) is 2.93. The van der Waals surface area contributed by atoms with E-state index in [1.165, 1.54) is 6.07 Å². The molecule has 0 fully saturated rings. The van der Waals surface area contributed by atoms with Gasteiger partial charge in [0.1, 0.15) is 5.75 Å². The van der Waals surface area contributed by atoms with Gasteiger partial charge in [-0.2, -0.15) is 11.8 Å². The third kappa shape index (κ3) is 4.03. The largest absolute Gasteiger partial charge is 0.482 e. The molecular formula is C13H16ClN3O3S. The standard InChI is InChI=1S/C13H16ClN3O3S/c1-21-3-2-8(15)13(19)17-9-5-11-10(4-7(9)14)16-12(18)6-20-11/h4-5,8H,2-3,6,15H2,1H3,(H,16,18)(H,17,19)/t8-/m1/s1. The Morgan fingerprint density at radius 3 is 3.10 bits per heavy atom. The van der Waals surface area contributed by atoms with Crippen molar-refractivity contribution in [2.75, 3.05) is 29.2 Å². The lowest BCUT2D eigenvalue weighted by Gasteiger charge is -2.20. The number of amides is 2. The van der Waals surface area contributed by atoms with Crippen LogP contribution in [0.15, 0.2) is 12.1 Å². The summed E-state index contributed by atoms with van der Waals surface area (Å²) in [5.41, 5.74) is 6.70. The van der Waals surface area contributed by atoms with Gasteiger partial charge in [-0.05, 0) is 24.5 Å². The number of hydrogen-bond acceptors (Lipinski definition) is 5. The molecule has 1 heterocycles. The van der Waals surface area contributed by atoms with Crippen molar-refractivity contribution in [1.29, 1.82) is 0 Å². The van der Waals surface area contributed by atoms with E-state index >= 15 is 0 Å². The van der Waals surface area contributed by atoms with Crippen LogP contribution in [-0.4, -0.2) is 36.5 Å². The molecule has 0 aliphatic carbocycles. The third-order valence-corrected chi connectivity index (χ3v) is 3.89. The molecule has 0 saturated carbocycles. The molecule has 1 aliphatic rings. The van der Waals surface area contributed by atoms with E-state index in [-0.39, 0.29) is 18.4 Å². The Morgan fingerprint density at radius 2 is 2.38 bits per heavy atom. The van der Waals surface area contributed by atoms with E-state index in [1.54, 1.807) is 17.8 Å².